The van der Waals surface area contributed by atoms with Crippen LogP contribution in [0.15, 0.2) is 53.1 Å². The third-order valence-electron chi connectivity index (χ3n) is 7.12. The Morgan fingerprint density at radius 2 is 1.74 bits per heavy atom. The lowest BCUT2D eigenvalue weighted by Crippen LogP contribution is -2.49. The highest BCUT2D eigenvalue weighted by atomic mass is 16.5. The van der Waals surface area contributed by atoms with E-state index in [9.17, 15) is 9.59 Å². The van der Waals surface area contributed by atoms with E-state index in [4.69, 9.17) is 4.52 Å². The molecule has 5 rings (SSSR count). The lowest BCUT2D eigenvalue weighted by Gasteiger charge is -2.39. The largest absolute Gasteiger partial charge is 0.340 e. The van der Waals surface area contributed by atoms with Crippen LogP contribution < -0.4 is 0 Å². The summed E-state index contributed by atoms with van der Waals surface area (Å²) in [7, 11) is 0. The highest BCUT2D eigenvalue weighted by Gasteiger charge is 2.33. The second kappa shape index (κ2) is 10.00. The Kier molecular flexibility index (Phi) is 6.63. The van der Waals surface area contributed by atoms with Crippen LogP contribution in [0.1, 0.15) is 42.0 Å². The summed E-state index contributed by atoms with van der Waals surface area (Å²) in [6.07, 6.45) is 1.15. The number of fused-ring (bicyclic) bond motifs is 1. The van der Waals surface area contributed by atoms with Gasteiger partial charge in [-0.25, -0.2) is 0 Å². The first-order valence-corrected chi connectivity index (χ1v) is 12.2. The highest BCUT2D eigenvalue weighted by molar-refractivity contribution is 5.80. The summed E-state index contributed by atoms with van der Waals surface area (Å²) in [5.41, 5.74) is 4.41. The fraction of sp³-hybridized carbons (Fsp3) is 0.407. The van der Waals surface area contributed by atoms with Crippen LogP contribution in [0, 0.1) is 6.92 Å². The normalized spacial score (nSPS) is 18.4. The lowest BCUT2D eigenvalue weighted by molar-refractivity contribution is -0.137. The molecule has 3 aromatic rings. The van der Waals surface area contributed by atoms with Crippen molar-refractivity contribution in [3.05, 3.63) is 71.1 Å². The topological polar surface area (TPSA) is 82.8 Å². The third-order valence-corrected chi connectivity index (χ3v) is 7.12. The molecule has 0 saturated carbocycles. The monoisotopic (exact) mass is 473 g/mol. The molecule has 182 valence electrons. The van der Waals surface area contributed by atoms with E-state index in [1.54, 1.807) is 6.92 Å². The van der Waals surface area contributed by atoms with Gasteiger partial charge in [-0.3, -0.25) is 14.5 Å². The van der Waals surface area contributed by atoms with E-state index in [1.807, 2.05) is 53.1 Å². The van der Waals surface area contributed by atoms with Gasteiger partial charge in [0.2, 0.25) is 23.5 Å². The number of piperazine rings is 1. The van der Waals surface area contributed by atoms with Crippen molar-refractivity contribution in [2.45, 2.75) is 39.3 Å². The second-order valence-corrected chi connectivity index (χ2v) is 9.36. The molecule has 0 radical (unpaired) electrons. The smallest absolute Gasteiger partial charge is 0.241 e. The Labute approximate surface area is 205 Å². The molecule has 8 heteroatoms. The molecule has 0 N–H and O–H groups in total. The Bertz CT molecular complexity index is 1210. The first-order valence-electron chi connectivity index (χ1n) is 12.2. The number of hydrogen-bond donors (Lipinski definition) is 0. The predicted octanol–water partition coefficient (Wildman–Crippen LogP) is 3.23. The zero-order valence-electron chi connectivity index (χ0n) is 20.3. The summed E-state index contributed by atoms with van der Waals surface area (Å²) in [4.78, 5) is 36.1. The van der Waals surface area contributed by atoms with Crippen molar-refractivity contribution in [1.82, 2.24) is 24.8 Å². The summed E-state index contributed by atoms with van der Waals surface area (Å²) >= 11 is 0. The van der Waals surface area contributed by atoms with Crippen LogP contribution in [0.25, 0.3) is 11.4 Å². The van der Waals surface area contributed by atoms with Crippen LogP contribution in [0.4, 0.5) is 0 Å². The summed E-state index contributed by atoms with van der Waals surface area (Å²) in [5, 5.41) is 4.15. The molecule has 2 aliphatic heterocycles. The van der Waals surface area contributed by atoms with Gasteiger partial charge in [-0.1, -0.05) is 53.7 Å². The third kappa shape index (κ3) is 4.98. The molecular formula is C27H31N5O3. The van der Waals surface area contributed by atoms with Crippen LogP contribution in [-0.4, -0.2) is 69.4 Å². The molecule has 0 spiro atoms. The molecule has 1 unspecified atom stereocenters. The van der Waals surface area contributed by atoms with Gasteiger partial charge in [0, 0.05) is 45.2 Å². The quantitative estimate of drug-likeness (QED) is 0.566. The molecule has 2 amide bonds. The van der Waals surface area contributed by atoms with Crippen LogP contribution in [0.3, 0.4) is 0 Å². The number of hydrogen-bond acceptors (Lipinski definition) is 6. The van der Waals surface area contributed by atoms with E-state index < -0.39 is 0 Å². The van der Waals surface area contributed by atoms with Crippen LogP contribution in [-0.2, 0) is 22.6 Å². The standard InChI is InChI=1S/C27H31N5O3/c1-19-7-3-5-9-22(19)27-28-25(35-29-27)18-30-13-15-31(16-14-30)26(34)17-24-23-10-6-4-8-21(23)11-12-32(24)20(2)33/h3-10,24H,11-18H2,1-2H3. The molecule has 35 heavy (non-hydrogen) atoms. The van der Waals surface area contributed by atoms with Gasteiger partial charge in [-0.15, -0.1) is 0 Å². The number of rotatable bonds is 5. The summed E-state index contributed by atoms with van der Waals surface area (Å²) in [6, 6.07) is 16.0. The molecule has 1 saturated heterocycles. The number of amides is 2. The van der Waals surface area contributed by atoms with Crippen molar-refractivity contribution < 1.29 is 14.1 Å². The highest BCUT2D eigenvalue weighted by Crippen LogP contribution is 2.33. The van der Waals surface area contributed by atoms with Crippen molar-refractivity contribution in [1.29, 1.82) is 0 Å². The second-order valence-electron chi connectivity index (χ2n) is 9.36. The predicted molar refractivity (Wildman–Crippen MR) is 131 cm³/mol. The lowest BCUT2D eigenvalue weighted by atomic mass is 9.90. The minimum atomic E-state index is -0.193. The average Bonchev–Trinajstić information content (AvgIpc) is 3.33. The zero-order valence-corrected chi connectivity index (χ0v) is 20.3. The van der Waals surface area contributed by atoms with E-state index in [0.29, 0.717) is 44.3 Å². The summed E-state index contributed by atoms with van der Waals surface area (Å²) in [5.74, 6) is 1.30. The maximum absolute atomic E-state index is 13.2. The van der Waals surface area contributed by atoms with E-state index >= 15 is 0 Å². The number of carbonyl (C=O) groups excluding carboxylic acids is 2. The minimum Gasteiger partial charge on any atom is -0.340 e. The van der Waals surface area contributed by atoms with Crippen molar-refractivity contribution in [3.8, 4) is 11.4 Å². The van der Waals surface area contributed by atoms with Crippen LogP contribution in [0.2, 0.25) is 0 Å². The molecule has 0 bridgehead atoms. The Hall–Kier alpha value is -3.52. The molecular weight excluding hydrogens is 442 g/mol. The Morgan fingerprint density at radius 1 is 1.00 bits per heavy atom. The minimum absolute atomic E-state index is 0.0201. The fourth-order valence-electron chi connectivity index (χ4n) is 5.14. The van der Waals surface area contributed by atoms with Gasteiger partial charge >= 0.3 is 0 Å². The van der Waals surface area contributed by atoms with Crippen molar-refractivity contribution in [3.63, 3.8) is 0 Å². The van der Waals surface area contributed by atoms with Gasteiger partial charge in [0.1, 0.15) is 0 Å². The maximum Gasteiger partial charge on any atom is 0.241 e. The fourth-order valence-corrected chi connectivity index (χ4v) is 5.14. The first kappa shape index (κ1) is 23.2. The van der Waals surface area contributed by atoms with Crippen molar-refractivity contribution in [2.75, 3.05) is 32.7 Å². The molecule has 2 aliphatic rings. The van der Waals surface area contributed by atoms with E-state index in [2.05, 4.69) is 27.2 Å². The number of nitrogens with zero attached hydrogens (tertiary/aromatic N) is 5. The molecule has 1 aromatic heterocycles. The number of aryl methyl sites for hydroxylation is 1. The number of benzene rings is 2. The molecule has 2 aromatic carbocycles. The molecule has 1 atom stereocenters. The summed E-state index contributed by atoms with van der Waals surface area (Å²) in [6.45, 7) is 7.62. The molecule has 8 nitrogen and oxygen atoms in total. The van der Waals surface area contributed by atoms with E-state index in [0.717, 1.165) is 36.2 Å². The van der Waals surface area contributed by atoms with Gasteiger partial charge in [0.15, 0.2) is 0 Å². The van der Waals surface area contributed by atoms with Gasteiger partial charge in [0.25, 0.3) is 0 Å². The van der Waals surface area contributed by atoms with E-state index in [1.165, 1.54) is 5.56 Å². The summed E-state index contributed by atoms with van der Waals surface area (Å²) < 4.78 is 5.50. The van der Waals surface area contributed by atoms with Crippen molar-refractivity contribution >= 4 is 11.8 Å². The SMILES string of the molecule is CC(=O)N1CCc2ccccc2C1CC(=O)N1CCN(Cc2nc(-c3ccccc3C)no2)CC1. The molecule has 0 aliphatic carbocycles. The van der Waals surface area contributed by atoms with Crippen LogP contribution >= 0.6 is 0 Å². The van der Waals surface area contributed by atoms with Gasteiger partial charge in [0.05, 0.1) is 19.0 Å². The molecule has 1 fully saturated rings. The number of carbonyl (C=O) groups is 2. The molecule has 3 heterocycles. The van der Waals surface area contributed by atoms with Gasteiger partial charge in [-0.05, 0) is 30.0 Å². The first-order chi connectivity index (χ1) is 17.0. The Balaban J connectivity index is 1.18. The zero-order chi connectivity index (χ0) is 24.4. The average molecular weight is 474 g/mol. The van der Waals surface area contributed by atoms with E-state index in [-0.39, 0.29) is 17.9 Å². The maximum atomic E-state index is 13.2. The van der Waals surface area contributed by atoms with Crippen molar-refractivity contribution in [2.24, 2.45) is 0 Å². The Morgan fingerprint density at radius 3 is 2.51 bits per heavy atom. The number of aromatic nitrogens is 2. The van der Waals surface area contributed by atoms with Gasteiger partial charge < -0.3 is 14.3 Å². The van der Waals surface area contributed by atoms with Gasteiger partial charge in [-0.2, -0.15) is 4.98 Å². The van der Waals surface area contributed by atoms with Crippen LogP contribution in [0.5, 0.6) is 0 Å².